The molecule has 0 spiro atoms. The Morgan fingerprint density at radius 2 is 1.82 bits per heavy atom. The fraction of sp³-hybridized carbons (Fsp3) is 0.346. The second-order valence-electron chi connectivity index (χ2n) is 8.89. The van der Waals surface area contributed by atoms with Gasteiger partial charge >= 0.3 is 0 Å². The number of hydrogen-bond acceptors (Lipinski definition) is 6. The SMILES string of the molecule is Cc1cc(-c2ccc(N3C(=O)C(=O)C(C(=O)c4cccnc4)C3C3CCCCC3)cc2)on1. The van der Waals surface area contributed by atoms with E-state index in [1.807, 2.05) is 37.3 Å². The topological polar surface area (TPSA) is 93.4 Å². The van der Waals surface area contributed by atoms with E-state index in [0.717, 1.165) is 43.4 Å². The van der Waals surface area contributed by atoms with Crippen LogP contribution >= 0.6 is 0 Å². The second kappa shape index (κ2) is 8.73. The maximum atomic E-state index is 13.4. The highest BCUT2D eigenvalue weighted by atomic mass is 16.5. The Kier molecular flexibility index (Phi) is 5.62. The lowest BCUT2D eigenvalue weighted by Gasteiger charge is -2.35. The zero-order valence-corrected chi connectivity index (χ0v) is 18.4. The normalized spacial score (nSPS) is 21.5. The van der Waals surface area contributed by atoms with Gasteiger partial charge in [-0.15, -0.1) is 0 Å². The molecule has 1 saturated heterocycles. The van der Waals surface area contributed by atoms with Crippen molar-refractivity contribution < 1.29 is 18.9 Å². The summed E-state index contributed by atoms with van der Waals surface area (Å²) in [5, 5.41) is 3.92. The van der Waals surface area contributed by atoms with Gasteiger partial charge < -0.3 is 9.42 Å². The van der Waals surface area contributed by atoms with Gasteiger partial charge in [-0.1, -0.05) is 24.4 Å². The summed E-state index contributed by atoms with van der Waals surface area (Å²) in [5.74, 6) is -1.85. The van der Waals surface area contributed by atoms with Crippen LogP contribution in [0.25, 0.3) is 11.3 Å². The lowest BCUT2D eigenvalue weighted by atomic mass is 9.76. The van der Waals surface area contributed by atoms with Gasteiger partial charge in [-0.05, 0) is 62.1 Å². The molecule has 7 heteroatoms. The maximum absolute atomic E-state index is 13.4. The number of aromatic nitrogens is 2. The van der Waals surface area contributed by atoms with E-state index in [2.05, 4.69) is 10.1 Å². The lowest BCUT2D eigenvalue weighted by molar-refractivity contribution is -0.135. The molecule has 0 bridgehead atoms. The van der Waals surface area contributed by atoms with Crippen LogP contribution in [-0.2, 0) is 9.59 Å². The number of Topliss-reactive ketones (excluding diaryl/α,β-unsaturated/α-hetero) is 2. The predicted octanol–water partition coefficient (Wildman–Crippen LogP) is 4.41. The molecule has 33 heavy (non-hydrogen) atoms. The van der Waals surface area contributed by atoms with Crippen molar-refractivity contribution in [3.05, 3.63) is 66.1 Å². The number of ketones is 2. The molecule has 7 nitrogen and oxygen atoms in total. The predicted molar refractivity (Wildman–Crippen MR) is 122 cm³/mol. The molecule has 0 radical (unpaired) electrons. The average Bonchev–Trinajstić information content (AvgIpc) is 3.41. The van der Waals surface area contributed by atoms with Crippen LogP contribution in [0.1, 0.15) is 48.2 Å². The van der Waals surface area contributed by atoms with Gasteiger partial charge in [0.05, 0.1) is 11.7 Å². The van der Waals surface area contributed by atoms with Crippen LogP contribution in [0.4, 0.5) is 5.69 Å². The average molecular weight is 444 g/mol. The van der Waals surface area contributed by atoms with Crippen LogP contribution in [0.15, 0.2) is 59.4 Å². The molecular weight excluding hydrogens is 418 g/mol. The van der Waals surface area contributed by atoms with E-state index in [-0.39, 0.29) is 11.7 Å². The van der Waals surface area contributed by atoms with E-state index in [0.29, 0.717) is 17.0 Å². The van der Waals surface area contributed by atoms with Gasteiger partial charge in [0.2, 0.25) is 5.78 Å². The van der Waals surface area contributed by atoms with Crippen LogP contribution in [0, 0.1) is 18.8 Å². The first kappa shape index (κ1) is 21.2. The first-order valence-electron chi connectivity index (χ1n) is 11.4. The molecule has 3 heterocycles. The number of carbonyl (C=O) groups is 3. The molecule has 5 rings (SSSR count). The van der Waals surface area contributed by atoms with E-state index in [4.69, 9.17) is 4.52 Å². The number of amides is 1. The molecule has 1 aliphatic heterocycles. The van der Waals surface area contributed by atoms with Gasteiger partial charge in [0.1, 0.15) is 5.92 Å². The summed E-state index contributed by atoms with van der Waals surface area (Å²) in [4.78, 5) is 45.4. The number of nitrogens with zero attached hydrogens (tertiary/aromatic N) is 3. The molecule has 2 fully saturated rings. The molecule has 1 aromatic carbocycles. The Morgan fingerprint density at radius 1 is 1.06 bits per heavy atom. The van der Waals surface area contributed by atoms with E-state index in [1.165, 1.54) is 6.20 Å². The van der Waals surface area contributed by atoms with E-state index in [9.17, 15) is 14.4 Å². The Bertz CT molecular complexity index is 1180. The fourth-order valence-electron chi connectivity index (χ4n) is 5.19. The van der Waals surface area contributed by atoms with Gasteiger partial charge in [-0.3, -0.25) is 19.4 Å². The number of carbonyl (C=O) groups excluding carboxylic acids is 3. The summed E-state index contributed by atoms with van der Waals surface area (Å²) in [7, 11) is 0. The number of benzene rings is 1. The summed E-state index contributed by atoms with van der Waals surface area (Å²) in [6, 6.07) is 12.0. The Labute approximate surface area is 191 Å². The zero-order chi connectivity index (χ0) is 22.9. The zero-order valence-electron chi connectivity index (χ0n) is 18.4. The number of pyridine rings is 1. The fourth-order valence-corrected chi connectivity index (χ4v) is 5.19. The van der Waals surface area contributed by atoms with Crippen molar-refractivity contribution in [3.8, 4) is 11.3 Å². The van der Waals surface area contributed by atoms with Gasteiger partial charge in [0.25, 0.3) is 5.91 Å². The first-order valence-corrected chi connectivity index (χ1v) is 11.4. The van der Waals surface area contributed by atoms with E-state index < -0.39 is 23.7 Å². The van der Waals surface area contributed by atoms with Crippen molar-refractivity contribution >= 4 is 23.2 Å². The van der Waals surface area contributed by atoms with Crippen molar-refractivity contribution in [1.29, 1.82) is 0 Å². The number of anilines is 1. The molecule has 1 saturated carbocycles. The molecule has 1 amide bonds. The summed E-state index contributed by atoms with van der Waals surface area (Å²) < 4.78 is 5.33. The number of aryl methyl sites for hydroxylation is 1. The number of rotatable bonds is 5. The van der Waals surface area contributed by atoms with E-state index in [1.54, 1.807) is 23.2 Å². The van der Waals surface area contributed by atoms with Gasteiger partial charge in [-0.2, -0.15) is 0 Å². The van der Waals surface area contributed by atoms with Crippen molar-refractivity contribution in [2.45, 2.75) is 45.1 Å². The maximum Gasteiger partial charge on any atom is 0.295 e. The van der Waals surface area contributed by atoms with Crippen LogP contribution < -0.4 is 4.90 Å². The second-order valence-corrected chi connectivity index (χ2v) is 8.89. The molecular formula is C26H25N3O4. The van der Waals surface area contributed by atoms with Gasteiger partial charge in [0, 0.05) is 35.3 Å². The van der Waals surface area contributed by atoms with Crippen molar-refractivity contribution in [2.75, 3.05) is 4.90 Å². The third kappa shape index (κ3) is 3.88. The molecule has 3 aromatic rings. The Hall–Kier alpha value is -3.61. The van der Waals surface area contributed by atoms with Crippen LogP contribution in [0.3, 0.4) is 0 Å². The van der Waals surface area contributed by atoms with Gasteiger partial charge in [-0.25, -0.2) is 0 Å². The minimum atomic E-state index is -1.01. The molecule has 2 unspecified atom stereocenters. The van der Waals surface area contributed by atoms with E-state index >= 15 is 0 Å². The third-order valence-corrected chi connectivity index (χ3v) is 6.77. The summed E-state index contributed by atoms with van der Waals surface area (Å²) in [5.41, 5.74) is 2.59. The van der Waals surface area contributed by atoms with Crippen LogP contribution in [-0.4, -0.2) is 33.7 Å². The molecule has 2 aromatic heterocycles. The van der Waals surface area contributed by atoms with Crippen molar-refractivity contribution in [3.63, 3.8) is 0 Å². The molecule has 2 atom stereocenters. The molecule has 2 aliphatic rings. The Morgan fingerprint density at radius 3 is 2.45 bits per heavy atom. The highest BCUT2D eigenvalue weighted by molar-refractivity contribution is 6.49. The van der Waals surface area contributed by atoms with Gasteiger partial charge in [0.15, 0.2) is 11.5 Å². The summed E-state index contributed by atoms with van der Waals surface area (Å²) in [6.45, 7) is 1.85. The monoisotopic (exact) mass is 443 g/mol. The quantitative estimate of drug-likeness (QED) is 0.329. The minimum absolute atomic E-state index is 0.0939. The Balaban J connectivity index is 1.53. The van der Waals surface area contributed by atoms with Crippen molar-refractivity contribution in [2.24, 2.45) is 11.8 Å². The highest BCUT2D eigenvalue weighted by Gasteiger charge is 2.54. The standard InChI is InChI=1S/C26H25N3O4/c1-16-14-21(33-28-16)17-9-11-20(12-10-17)29-23(18-6-3-2-4-7-18)22(25(31)26(29)32)24(30)19-8-5-13-27-15-19/h5,8-15,18,22-23H,2-4,6-7H2,1H3. The lowest BCUT2D eigenvalue weighted by Crippen LogP contribution is -2.44. The molecule has 168 valence electrons. The summed E-state index contributed by atoms with van der Waals surface area (Å²) in [6.07, 6.45) is 8.05. The minimum Gasteiger partial charge on any atom is -0.356 e. The summed E-state index contributed by atoms with van der Waals surface area (Å²) >= 11 is 0. The van der Waals surface area contributed by atoms with Crippen LogP contribution in [0.5, 0.6) is 0 Å². The third-order valence-electron chi connectivity index (χ3n) is 6.77. The largest absolute Gasteiger partial charge is 0.356 e. The van der Waals surface area contributed by atoms with Crippen molar-refractivity contribution in [1.82, 2.24) is 10.1 Å². The number of hydrogen-bond donors (Lipinski definition) is 0. The smallest absolute Gasteiger partial charge is 0.295 e. The first-order chi connectivity index (χ1) is 16.0. The highest BCUT2D eigenvalue weighted by Crippen LogP contribution is 2.41. The molecule has 0 N–H and O–H groups in total. The molecule has 1 aliphatic carbocycles. The van der Waals surface area contributed by atoms with Crippen LogP contribution in [0.2, 0.25) is 0 Å².